The van der Waals surface area contributed by atoms with Gasteiger partial charge in [-0.15, -0.1) is 0 Å². The van der Waals surface area contributed by atoms with Crippen molar-refractivity contribution >= 4 is 17.5 Å². The van der Waals surface area contributed by atoms with Gasteiger partial charge < -0.3 is 15.8 Å². The van der Waals surface area contributed by atoms with Crippen LogP contribution in [0, 0.1) is 10.1 Å². The van der Waals surface area contributed by atoms with Crippen LogP contribution < -0.4 is 15.8 Å². The lowest BCUT2D eigenvalue weighted by Crippen LogP contribution is -2.36. The minimum Gasteiger partial charge on any atom is -0.477 e. The number of nitro benzene ring substituents is 1. The first kappa shape index (κ1) is 13.4. The van der Waals surface area contributed by atoms with E-state index in [1.54, 1.807) is 6.07 Å². The third-order valence-electron chi connectivity index (χ3n) is 1.88. The van der Waals surface area contributed by atoms with Crippen molar-refractivity contribution in [2.45, 2.75) is 0 Å². The van der Waals surface area contributed by atoms with Crippen LogP contribution in [0.5, 0.6) is 5.75 Å². The van der Waals surface area contributed by atoms with E-state index in [9.17, 15) is 19.7 Å². The van der Waals surface area contributed by atoms with Crippen molar-refractivity contribution in [3.05, 3.63) is 34.4 Å². The molecule has 0 fully saturated rings. The van der Waals surface area contributed by atoms with E-state index in [0.717, 1.165) is 0 Å². The predicted molar refractivity (Wildman–Crippen MR) is 60.8 cm³/mol. The first-order chi connectivity index (χ1) is 8.50. The summed E-state index contributed by atoms with van der Waals surface area (Å²) in [5.74, 6) is -1.29. The molecule has 96 valence electrons. The van der Waals surface area contributed by atoms with Crippen LogP contribution in [0.1, 0.15) is 0 Å². The molecular formula is C10H11N3O5. The predicted octanol–water partition coefficient (Wildman–Crippen LogP) is -0.425. The molecule has 0 unspecified atom stereocenters. The molecular weight excluding hydrogens is 242 g/mol. The standard InChI is InChI=1S/C10H11N3O5/c11-9(14)5-12-10(15)6-18-8-4-2-1-3-7(8)13(16)17/h1-4H,5-6H2,(H2,11,14)(H,12,15). The number of nitrogens with two attached hydrogens (primary N) is 1. The molecule has 0 bridgehead atoms. The molecule has 0 atom stereocenters. The highest BCUT2D eigenvalue weighted by molar-refractivity contribution is 5.84. The van der Waals surface area contributed by atoms with Crippen molar-refractivity contribution in [3.63, 3.8) is 0 Å². The number of nitrogens with one attached hydrogen (secondary N) is 1. The van der Waals surface area contributed by atoms with E-state index in [1.165, 1.54) is 18.2 Å². The number of rotatable bonds is 6. The molecule has 1 aromatic carbocycles. The number of carbonyl (C=O) groups excluding carboxylic acids is 2. The van der Waals surface area contributed by atoms with Gasteiger partial charge in [-0.1, -0.05) is 12.1 Å². The van der Waals surface area contributed by atoms with E-state index >= 15 is 0 Å². The van der Waals surface area contributed by atoms with Crippen molar-refractivity contribution in [1.29, 1.82) is 0 Å². The number of primary amides is 1. The molecule has 0 aliphatic carbocycles. The van der Waals surface area contributed by atoms with Gasteiger partial charge in [0.25, 0.3) is 5.91 Å². The van der Waals surface area contributed by atoms with Crippen LogP contribution in [-0.4, -0.2) is 29.9 Å². The van der Waals surface area contributed by atoms with Gasteiger partial charge in [0.15, 0.2) is 12.4 Å². The highest BCUT2D eigenvalue weighted by atomic mass is 16.6. The van der Waals surface area contributed by atoms with E-state index in [0.29, 0.717) is 0 Å². The van der Waals surface area contributed by atoms with Crippen molar-refractivity contribution in [2.24, 2.45) is 5.73 Å². The number of ether oxygens (including phenoxy) is 1. The first-order valence-corrected chi connectivity index (χ1v) is 4.92. The second kappa shape index (κ2) is 6.18. The number of para-hydroxylation sites is 2. The minimum atomic E-state index is -0.686. The van der Waals surface area contributed by atoms with Crippen molar-refractivity contribution in [2.75, 3.05) is 13.2 Å². The summed E-state index contributed by atoms with van der Waals surface area (Å²) in [6.07, 6.45) is 0. The van der Waals surface area contributed by atoms with Crippen LogP contribution in [0.15, 0.2) is 24.3 Å². The molecule has 1 rings (SSSR count). The molecule has 8 heteroatoms. The Morgan fingerprint density at radius 3 is 2.67 bits per heavy atom. The highest BCUT2D eigenvalue weighted by Crippen LogP contribution is 2.25. The largest absolute Gasteiger partial charge is 0.477 e. The van der Waals surface area contributed by atoms with Crippen molar-refractivity contribution in [1.82, 2.24) is 5.32 Å². The maximum absolute atomic E-state index is 11.2. The number of hydrogen-bond donors (Lipinski definition) is 2. The van der Waals surface area contributed by atoms with Crippen molar-refractivity contribution in [3.8, 4) is 5.75 Å². The van der Waals surface area contributed by atoms with E-state index < -0.39 is 23.3 Å². The number of nitro groups is 1. The Bertz CT molecular complexity index is 474. The molecule has 0 aliphatic rings. The molecule has 0 spiro atoms. The van der Waals surface area contributed by atoms with Gasteiger partial charge in [-0.2, -0.15) is 0 Å². The lowest BCUT2D eigenvalue weighted by Gasteiger charge is -2.06. The normalized spacial score (nSPS) is 9.56. The second-order valence-electron chi connectivity index (χ2n) is 3.26. The summed E-state index contributed by atoms with van der Waals surface area (Å²) in [4.78, 5) is 31.6. The molecule has 3 N–H and O–H groups in total. The van der Waals surface area contributed by atoms with Gasteiger partial charge in [-0.25, -0.2) is 0 Å². The quantitative estimate of drug-likeness (QED) is 0.526. The number of carbonyl (C=O) groups is 2. The van der Waals surface area contributed by atoms with Crippen LogP contribution in [0.25, 0.3) is 0 Å². The molecule has 0 aliphatic heterocycles. The molecule has 2 amide bonds. The van der Waals surface area contributed by atoms with E-state index in [4.69, 9.17) is 10.5 Å². The average molecular weight is 253 g/mol. The summed E-state index contributed by atoms with van der Waals surface area (Å²) in [7, 11) is 0. The minimum absolute atomic E-state index is 0.0169. The lowest BCUT2D eigenvalue weighted by molar-refractivity contribution is -0.385. The Balaban J connectivity index is 2.56. The fourth-order valence-corrected chi connectivity index (χ4v) is 1.11. The van der Waals surface area contributed by atoms with Crippen LogP contribution in [0.3, 0.4) is 0 Å². The SMILES string of the molecule is NC(=O)CNC(=O)COc1ccccc1[N+](=O)[O-]. The van der Waals surface area contributed by atoms with E-state index in [2.05, 4.69) is 5.32 Å². The monoisotopic (exact) mass is 253 g/mol. The fourth-order valence-electron chi connectivity index (χ4n) is 1.11. The Morgan fingerprint density at radius 2 is 2.06 bits per heavy atom. The Kier molecular flexibility index (Phi) is 4.61. The topological polar surface area (TPSA) is 125 Å². The smallest absolute Gasteiger partial charge is 0.310 e. The molecule has 0 aromatic heterocycles. The van der Waals surface area contributed by atoms with Crippen LogP contribution in [0.2, 0.25) is 0 Å². The summed E-state index contributed by atoms with van der Waals surface area (Å²) in [5.41, 5.74) is 4.59. The Hall–Kier alpha value is -2.64. The van der Waals surface area contributed by atoms with Gasteiger partial charge in [0, 0.05) is 6.07 Å². The Morgan fingerprint density at radius 1 is 1.39 bits per heavy atom. The third kappa shape index (κ3) is 4.08. The van der Waals surface area contributed by atoms with Crippen LogP contribution in [-0.2, 0) is 9.59 Å². The summed E-state index contributed by atoms with van der Waals surface area (Å²) < 4.78 is 4.99. The Labute approximate surface area is 102 Å². The first-order valence-electron chi connectivity index (χ1n) is 4.92. The molecule has 0 saturated carbocycles. The molecule has 18 heavy (non-hydrogen) atoms. The van der Waals surface area contributed by atoms with Crippen LogP contribution >= 0.6 is 0 Å². The zero-order valence-electron chi connectivity index (χ0n) is 9.29. The number of hydrogen-bond acceptors (Lipinski definition) is 5. The van der Waals surface area contributed by atoms with E-state index in [1.807, 2.05) is 0 Å². The van der Waals surface area contributed by atoms with Gasteiger partial charge in [0.2, 0.25) is 5.91 Å². The highest BCUT2D eigenvalue weighted by Gasteiger charge is 2.14. The van der Waals surface area contributed by atoms with Gasteiger partial charge in [0.05, 0.1) is 11.5 Å². The molecule has 1 aromatic rings. The summed E-state index contributed by atoms with van der Waals surface area (Å²) >= 11 is 0. The number of nitrogens with zero attached hydrogens (tertiary/aromatic N) is 1. The van der Waals surface area contributed by atoms with Gasteiger partial charge in [-0.3, -0.25) is 19.7 Å². The summed E-state index contributed by atoms with van der Waals surface area (Å²) in [6, 6.07) is 5.66. The maximum atomic E-state index is 11.2. The van der Waals surface area contributed by atoms with E-state index in [-0.39, 0.29) is 18.0 Å². The zero-order chi connectivity index (χ0) is 13.5. The zero-order valence-corrected chi connectivity index (χ0v) is 9.29. The molecule has 8 nitrogen and oxygen atoms in total. The number of benzene rings is 1. The third-order valence-corrected chi connectivity index (χ3v) is 1.88. The van der Waals surface area contributed by atoms with Gasteiger partial charge in [0.1, 0.15) is 0 Å². The summed E-state index contributed by atoms with van der Waals surface area (Å²) in [6.45, 7) is -0.739. The number of amides is 2. The van der Waals surface area contributed by atoms with Gasteiger partial charge >= 0.3 is 5.69 Å². The second-order valence-corrected chi connectivity index (χ2v) is 3.26. The fraction of sp³-hybridized carbons (Fsp3) is 0.200. The average Bonchev–Trinajstić information content (AvgIpc) is 2.34. The lowest BCUT2D eigenvalue weighted by atomic mass is 10.3. The van der Waals surface area contributed by atoms with Crippen molar-refractivity contribution < 1.29 is 19.2 Å². The summed E-state index contributed by atoms with van der Waals surface area (Å²) in [5, 5.41) is 12.8. The maximum Gasteiger partial charge on any atom is 0.310 e. The molecule has 0 radical (unpaired) electrons. The molecule has 0 saturated heterocycles. The van der Waals surface area contributed by atoms with Crippen LogP contribution in [0.4, 0.5) is 5.69 Å². The molecule has 0 heterocycles. The van der Waals surface area contributed by atoms with Gasteiger partial charge in [-0.05, 0) is 6.07 Å².